The maximum Gasteiger partial charge on any atom is 0 e. The maximum atomic E-state index is 2.09. The second-order valence-corrected chi connectivity index (χ2v) is 0. The van der Waals surface area contributed by atoms with Gasteiger partial charge in [0.25, 0.3) is 0 Å². The molecule has 0 nitrogen and oxygen atoms in total. The van der Waals surface area contributed by atoms with Crippen LogP contribution >= 0.6 is 0 Å². The van der Waals surface area contributed by atoms with E-state index < -0.39 is 0 Å². The van der Waals surface area contributed by atoms with Gasteiger partial charge in [-0.2, -0.15) is 0 Å². The fourth-order valence-corrected chi connectivity index (χ4v) is 0. The molecule has 0 N–H and O–H groups in total. The third-order valence-electron chi connectivity index (χ3n) is 0. The molecule has 0 amide bonds. The molecule has 0 aliphatic heterocycles. The summed E-state index contributed by atoms with van der Waals surface area (Å²) in [5.74, 6) is 0. The first-order chi connectivity index (χ1) is 1.00. The Morgan fingerprint density at radius 2 is 1.20 bits per heavy atom. The van der Waals surface area contributed by atoms with E-state index >= 15 is 0 Å². The molecule has 0 bridgehead atoms. The van der Waals surface area contributed by atoms with Crippen molar-refractivity contribution in [1.82, 2.24) is 0 Å². The monoisotopic (exact) mass is 286 g/mol. The van der Waals surface area contributed by atoms with E-state index in [0.29, 0.717) is 0 Å². The Labute approximate surface area is 83.0 Å². The molecule has 30 valence electrons. The summed E-state index contributed by atoms with van der Waals surface area (Å²) in [5, 5.41) is 0. The Bertz CT molecular complexity index is 11.6. The molecule has 0 aromatic carbocycles. The topological polar surface area (TPSA) is 0 Å². The SMILES string of the molecule is [AlH2][Mo].[Cr].[Fe].[V]. The van der Waals surface area contributed by atoms with Crippen LogP contribution in [-0.2, 0) is 70.7 Å². The average Bonchev–Trinajstić information content (AvgIpc) is 1.00. The van der Waals surface area contributed by atoms with Crippen molar-refractivity contribution in [2.45, 2.75) is 0 Å². The molecular weight excluding hydrogens is 282 g/mol. The molecule has 5 heteroatoms. The summed E-state index contributed by atoms with van der Waals surface area (Å²) in [6.07, 6.45) is 0. The van der Waals surface area contributed by atoms with Crippen LogP contribution in [-0.4, -0.2) is 13.6 Å². The fraction of sp³-hybridized carbons (Fsp3) is 0. The summed E-state index contributed by atoms with van der Waals surface area (Å²) in [6.45, 7) is 0. The third kappa shape index (κ3) is 19.8. The number of hydrogen-bond donors (Lipinski definition) is 0. The van der Waals surface area contributed by atoms with Crippen molar-refractivity contribution in [1.29, 1.82) is 0 Å². The van der Waals surface area contributed by atoms with E-state index in [9.17, 15) is 0 Å². The Balaban J connectivity index is -0.00000000167. The largest absolute Gasteiger partial charge is 0 e. The van der Waals surface area contributed by atoms with Crippen LogP contribution in [0.1, 0.15) is 0 Å². The standard InChI is InChI=1S/Al.Cr.Fe.Mo.V.2H. The molecule has 0 fully saturated rings. The van der Waals surface area contributed by atoms with Gasteiger partial charge in [-0.1, -0.05) is 0 Å². The van der Waals surface area contributed by atoms with Gasteiger partial charge in [0.15, 0.2) is 0 Å². The van der Waals surface area contributed by atoms with Crippen LogP contribution in [0.4, 0.5) is 0 Å². The Morgan fingerprint density at radius 3 is 1.20 bits per heavy atom. The van der Waals surface area contributed by atoms with Gasteiger partial charge in [-0.15, -0.1) is 0 Å². The minimum Gasteiger partial charge on any atom is 0 e. The zero-order chi connectivity index (χ0) is 2.00. The van der Waals surface area contributed by atoms with Crippen molar-refractivity contribution in [3.63, 3.8) is 0 Å². The van der Waals surface area contributed by atoms with Crippen LogP contribution < -0.4 is 0 Å². The zero-order valence-electron chi connectivity index (χ0n) is 2.62. The molecule has 0 aliphatic carbocycles. The Hall–Kier alpha value is 2.86. The van der Waals surface area contributed by atoms with E-state index in [4.69, 9.17) is 0 Å². The molecule has 0 atom stereocenters. The van der Waals surface area contributed by atoms with Gasteiger partial charge in [-0.25, -0.2) is 0 Å². The minimum absolute atomic E-state index is 0. The molecule has 0 rings (SSSR count). The molecule has 0 saturated heterocycles. The van der Waals surface area contributed by atoms with Gasteiger partial charge in [-0.05, 0) is 0 Å². The van der Waals surface area contributed by atoms with E-state index in [1.807, 2.05) is 0 Å². The van der Waals surface area contributed by atoms with Crippen LogP contribution in [0.25, 0.3) is 0 Å². The van der Waals surface area contributed by atoms with Gasteiger partial charge < -0.3 is 0 Å². The first-order valence-corrected chi connectivity index (χ1v) is 7.25. The van der Waals surface area contributed by atoms with Crippen LogP contribution in [0.3, 0.4) is 0 Å². The molecule has 0 saturated carbocycles. The molecule has 0 aromatic heterocycles. The third-order valence-corrected chi connectivity index (χ3v) is 0. The molecule has 0 unspecified atom stereocenters. The summed E-state index contributed by atoms with van der Waals surface area (Å²) in [4.78, 5) is 0. The second kappa shape index (κ2) is 28.8. The molecular formula is H2AlCrFeMoV. The van der Waals surface area contributed by atoms with Crippen molar-refractivity contribution in [2.24, 2.45) is 0 Å². The van der Waals surface area contributed by atoms with E-state index in [1.165, 1.54) is 13.6 Å². The average molecular weight is 284 g/mol. The summed E-state index contributed by atoms with van der Waals surface area (Å²) >= 11 is 3.40. The Morgan fingerprint density at radius 1 is 1.20 bits per heavy atom. The Kier molecular flexibility index (Phi) is 143. The van der Waals surface area contributed by atoms with Gasteiger partial charge in [0.1, 0.15) is 0 Å². The summed E-state index contributed by atoms with van der Waals surface area (Å²) in [6, 6.07) is 0. The minimum atomic E-state index is 0. The van der Waals surface area contributed by atoms with Crippen LogP contribution in [0.15, 0.2) is 0 Å². The first kappa shape index (κ1) is 24.8. The molecule has 0 aliphatic rings. The van der Waals surface area contributed by atoms with Crippen molar-refractivity contribution in [2.75, 3.05) is 0 Å². The van der Waals surface area contributed by atoms with Gasteiger partial charge in [0, 0.05) is 53.0 Å². The second-order valence-electron chi connectivity index (χ2n) is 0. The van der Waals surface area contributed by atoms with Crippen LogP contribution in [0, 0.1) is 0 Å². The molecule has 0 aromatic rings. The zero-order valence-corrected chi connectivity index (χ0v) is 10.4. The first-order valence-electron chi connectivity index (χ1n) is 0.408. The number of rotatable bonds is 0. The predicted octanol–water partition coefficient (Wildman–Crippen LogP) is -0.926. The molecule has 0 heterocycles. The van der Waals surface area contributed by atoms with E-state index in [-0.39, 0.29) is 53.0 Å². The predicted molar refractivity (Wildman–Crippen MR) is 8.54 cm³/mol. The summed E-state index contributed by atoms with van der Waals surface area (Å²) in [5.41, 5.74) is 0. The molecule has 5 heavy (non-hydrogen) atoms. The quantitative estimate of drug-likeness (QED) is 0.504. The van der Waals surface area contributed by atoms with Gasteiger partial charge >= 0.3 is 31.3 Å². The van der Waals surface area contributed by atoms with E-state index in [0.717, 1.165) is 0 Å². The normalized spacial score (nSPS) is 0.800. The fourth-order valence-electron chi connectivity index (χ4n) is 0. The van der Waals surface area contributed by atoms with Crippen LogP contribution in [0.2, 0.25) is 0 Å². The van der Waals surface area contributed by atoms with E-state index in [1.54, 1.807) is 0 Å². The van der Waals surface area contributed by atoms with Gasteiger partial charge in [0.2, 0.25) is 0 Å². The van der Waals surface area contributed by atoms with Crippen molar-refractivity contribution < 1.29 is 70.7 Å². The van der Waals surface area contributed by atoms with Gasteiger partial charge in [-0.3, -0.25) is 0 Å². The van der Waals surface area contributed by atoms with Crippen molar-refractivity contribution in [3.05, 3.63) is 0 Å². The summed E-state index contributed by atoms with van der Waals surface area (Å²) < 4.78 is 0. The molecule has 0 spiro atoms. The summed E-state index contributed by atoms with van der Waals surface area (Å²) in [7, 11) is 0. The smallest absolute Gasteiger partial charge is 0 e. The number of hydrogen-bond acceptors (Lipinski definition) is 0. The molecule has 1 radical (unpaired) electrons. The maximum absolute atomic E-state index is 2.09. The van der Waals surface area contributed by atoms with Crippen LogP contribution in [0.5, 0.6) is 0 Å². The van der Waals surface area contributed by atoms with E-state index in [2.05, 4.69) is 17.7 Å². The van der Waals surface area contributed by atoms with Crippen molar-refractivity contribution >= 4 is 13.6 Å². The van der Waals surface area contributed by atoms with Gasteiger partial charge in [0.05, 0.1) is 0 Å². The van der Waals surface area contributed by atoms with Crippen molar-refractivity contribution in [3.8, 4) is 0 Å².